The second kappa shape index (κ2) is 5.32. The van der Waals surface area contributed by atoms with Crippen LogP contribution in [-0.4, -0.2) is 23.5 Å². The maximum atomic E-state index is 11.5. The minimum absolute atomic E-state index is 0.324. The molecule has 16 heavy (non-hydrogen) atoms. The highest BCUT2D eigenvalue weighted by Crippen LogP contribution is 2.15. The molecular formula is C12H23NO3. The van der Waals surface area contributed by atoms with Gasteiger partial charge in [0.1, 0.15) is 11.9 Å². The summed E-state index contributed by atoms with van der Waals surface area (Å²) >= 11 is 0. The number of nitrogens with one attached hydrogen (secondary N) is 1. The fourth-order valence-corrected chi connectivity index (χ4v) is 1.51. The van der Waals surface area contributed by atoms with E-state index in [4.69, 9.17) is 4.74 Å². The molecule has 0 heterocycles. The first-order valence-electron chi connectivity index (χ1n) is 5.55. The molecule has 1 N–H and O–H groups in total. The van der Waals surface area contributed by atoms with Crippen LogP contribution in [-0.2, 0) is 9.53 Å². The van der Waals surface area contributed by atoms with Gasteiger partial charge in [0.2, 0.25) is 0 Å². The normalized spacial score (nSPS) is 15.4. The molecule has 0 radical (unpaired) electrons. The van der Waals surface area contributed by atoms with E-state index in [2.05, 4.69) is 5.32 Å². The quantitative estimate of drug-likeness (QED) is 0.754. The number of rotatable bonds is 4. The Labute approximate surface area is 97.7 Å². The van der Waals surface area contributed by atoms with Gasteiger partial charge in [-0.15, -0.1) is 0 Å². The molecule has 1 unspecified atom stereocenters. The summed E-state index contributed by atoms with van der Waals surface area (Å²) in [5.41, 5.74) is -1.40. The number of aldehydes is 1. The van der Waals surface area contributed by atoms with E-state index in [1.807, 2.05) is 13.8 Å². The summed E-state index contributed by atoms with van der Waals surface area (Å²) < 4.78 is 5.11. The van der Waals surface area contributed by atoms with Gasteiger partial charge < -0.3 is 14.8 Å². The van der Waals surface area contributed by atoms with E-state index in [1.54, 1.807) is 27.7 Å². The molecule has 0 rings (SSSR count). The van der Waals surface area contributed by atoms with Gasteiger partial charge in [-0.3, -0.25) is 0 Å². The second-order valence-corrected chi connectivity index (χ2v) is 5.76. The van der Waals surface area contributed by atoms with Crippen molar-refractivity contribution in [3.63, 3.8) is 0 Å². The fourth-order valence-electron chi connectivity index (χ4n) is 1.51. The Morgan fingerprint density at radius 2 is 1.81 bits per heavy atom. The first-order valence-corrected chi connectivity index (χ1v) is 5.55. The van der Waals surface area contributed by atoms with Crippen LogP contribution in [0.1, 0.15) is 48.0 Å². The third kappa shape index (κ3) is 6.43. The van der Waals surface area contributed by atoms with Gasteiger partial charge in [0.25, 0.3) is 0 Å². The summed E-state index contributed by atoms with van der Waals surface area (Å²) in [7, 11) is 0. The van der Waals surface area contributed by atoms with Crippen LogP contribution in [0.4, 0.5) is 4.79 Å². The summed E-state index contributed by atoms with van der Waals surface area (Å²) in [4.78, 5) is 22.5. The molecule has 0 aliphatic heterocycles. The topological polar surface area (TPSA) is 55.4 Å². The molecular weight excluding hydrogens is 206 g/mol. The number of amides is 1. The molecule has 4 nitrogen and oxygen atoms in total. The predicted octanol–water partition coefficient (Wildman–Crippen LogP) is 2.51. The summed E-state index contributed by atoms with van der Waals surface area (Å²) in [6, 6.07) is 0. The molecule has 0 fully saturated rings. The van der Waals surface area contributed by atoms with Gasteiger partial charge in [0.05, 0.1) is 5.54 Å². The Bertz CT molecular complexity index is 255. The van der Waals surface area contributed by atoms with Crippen LogP contribution >= 0.6 is 0 Å². The SMILES string of the molecule is CC(C)CC(C)(C=O)NC(=O)OC(C)(C)C. The van der Waals surface area contributed by atoms with Crippen molar-refractivity contribution in [1.29, 1.82) is 0 Å². The molecule has 4 heteroatoms. The number of hydrogen-bond acceptors (Lipinski definition) is 3. The molecule has 0 bridgehead atoms. The van der Waals surface area contributed by atoms with Crippen molar-refractivity contribution in [1.82, 2.24) is 5.32 Å². The highest BCUT2D eigenvalue weighted by molar-refractivity contribution is 5.76. The first kappa shape index (κ1) is 14.9. The van der Waals surface area contributed by atoms with E-state index in [0.29, 0.717) is 12.3 Å². The minimum Gasteiger partial charge on any atom is -0.444 e. The highest BCUT2D eigenvalue weighted by atomic mass is 16.6. The van der Waals surface area contributed by atoms with E-state index < -0.39 is 17.2 Å². The highest BCUT2D eigenvalue weighted by Gasteiger charge is 2.29. The molecule has 0 aromatic carbocycles. The van der Waals surface area contributed by atoms with Crippen LogP contribution in [0, 0.1) is 5.92 Å². The zero-order chi connectivity index (χ0) is 13.0. The van der Waals surface area contributed by atoms with Gasteiger partial charge >= 0.3 is 6.09 Å². The van der Waals surface area contributed by atoms with Gasteiger partial charge in [0, 0.05) is 0 Å². The van der Waals surface area contributed by atoms with Crippen LogP contribution in [0.2, 0.25) is 0 Å². The smallest absolute Gasteiger partial charge is 0.408 e. The lowest BCUT2D eigenvalue weighted by atomic mass is 9.92. The van der Waals surface area contributed by atoms with Gasteiger partial charge in [-0.05, 0) is 40.0 Å². The Morgan fingerprint density at radius 1 is 1.31 bits per heavy atom. The molecule has 1 atom stereocenters. The van der Waals surface area contributed by atoms with Crippen molar-refractivity contribution >= 4 is 12.4 Å². The largest absolute Gasteiger partial charge is 0.444 e. The third-order valence-corrected chi connectivity index (χ3v) is 1.88. The molecule has 0 aliphatic rings. The van der Waals surface area contributed by atoms with Crippen LogP contribution in [0.5, 0.6) is 0 Å². The number of carbonyl (C=O) groups is 2. The van der Waals surface area contributed by atoms with Crippen molar-refractivity contribution < 1.29 is 14.3 Å². The maximum absolute atomic E-state index is 11.5. The van der Waals surface area contributed by atoms with Crippen LogP contribution in [0.15, 0.2) is 0 Å². The second-order valence-electron chi connectivity index (χ2n) is 5.76. The Morgan fingerprint density at radius 3 is 2.12 bits per heavy atom. The zero-order valence-electron chi connectivity index (χ0n) is 11.1. The molecule has 1 amide bonds. The monoisotopic (exact) mass is 229 g/mol. The van der Waals surface area contributed by atoms with Crippen molar-refractivity contribution in [3.05, 3.63) is 0 Å². The van der Waals surface area contributed by atoms with Gasteiger partial charge in [0.15, 0.2) is 0 Å². The molecule has 0 aromatic rings. The Balaban J connectivity index is 4.43. The molecule has 0 aliphatic carbocycles. The van der Waals surface area contributed by atoms with E-state index in [-0.39, 0.29) is 0 Å². The lowest BCUT2D eigenvalue weighted by Crippen LogP contribution is -2.49. The molecule has 0 aromatic heterocycles. The summed E-state index contributed by atoms with van der Waals surface area (Å²) in [6.45, 7) is 11.1. The average Bonchev–Trinajstić information content (AvgIpc) is 1.98. The Hall–Kier alpha value is -1.06. The fraction of sp³-hybridized carbons (Fsp3) is 0.833. The van der Waals surface area contributed by atoms with E-state index in [9.17, 15) is 9.59 Å². The molecule has 0 saturated heterocycles. The molecule has 0 saturated carbocycles. The predicted molar refractivity (Wildman–Crippen MR) is 63.3 cm³/mol. The summed E-state index contributed by atoms with van der Waals surface area (Å²) in [6.07, 6.45) is 0.801. The first-order chi connectivity index (χ1) is 7.08. The number of ether oxygens (including phenoxy) is 1. The van der Waals surface area contributed by atoms with Gasteiger partial charge in [-0.2, -0.15) is 0 Å². The maximum Gasteiger partial charge on any atom is 0.408 e. The van der Waals surface area contributed by atoms with Crippen LogP contribution in [0.3, 0.4) is 0 Å². The number of carbonyl (C=O) groups excluding carboxylic acids is 2. The molecule has 0 spiro atoms. The van der Waals surface area contributed by atoms with Crippen LogP contribution < -0.4 is 5.32 Å². The molecule has 94 valence electrons. The van der Waals surface area contributed by atoms with Crippen molar-refractivity contribution in [2.24, 2.45) is 5.92 Å². The van der Waals surface area contributed by atoms with Crippen LogP contribution in [0.25, 0.3) is 0 Å². The minimum atomic E-state index is -0.851. The van der Waals surface area contributed by atoms with Crippen molar-refractivity contribution in [2.45, 2.75) is 59.1 Å². The van der Waals surface area contributed by atoms with Crippen molar-refractivity contribution in [3.8, 4) is 0 Å². The lowest BCUT2D eigenvalue weighted by Gasteiger charge is -2.28. The number of alkyl carbamates (subject to hydrolysis) is 1. The summed E-state index contributed by atoms with van der Waals surface area (Å²) in [5.74, 6) is 0.324. The lowest BCUT2D eigenvalue weighted by molar-refractivity contribution is -0.113. The van der Waals surface area contributed by atoms with Gasteiger partial charge in [-0.1, -0.05) is 13.8 Å². The summed E-state index contributed by atoms with van der Waals surface area (Å²) in [5, 5.41) is 2.60. The number of hydrogen-bond donors (Lipinski definition) is 1. The Kier molecular flexibility index (Phi) is 4.97. The van der Waals surface area contributed by atoms with E-state index in [0.717, 1.165) is 6.29 Å². The zero-order valence-corrected chi connectivity index (χ0v) is 11.1. The van der Waals surface area contributed by atoms with E-state index >= 15 is 0 Å². The third-order valence-electron chi connectivity index (χ3n) is 1.88. The van der Waals surface area contributed by atoms with E-state index in [1.165, 1.54) is 0 Å². The van der Waals surface area contributed by atoms with Gasteiger partial charge in [-0.25, -0.2) is 4.79 Å². The average molecular weight is 229 g/mol. The standard InChI is InChI=1S/C12H23NO3/c1-9(2)7-12(6,8-14)13-10(15)16-11(3,4)5/h8-9H,7H2,1-6H3,(H,13,15). The van der Waals surface area contributed by atoms with Crippen molar-refractivity contribution in [2.75, 3.05) is 0 Å².